The summed E-state index contributed by atoms with van der Waals surface area (Å²) in [5.74, 6) is -0.246. The first-order valence-corrected chi connectivity index (χ1v) is 8.60. The Morgan fingerprint density at radius 1 is 1.14 bits per heavy atom. The number of hydrogen-bond donors (Lipinski definition) is 2. The smallest absolute Gasteiger partial charge is 0.241 e. The van der Waals surface area contributed by atoms with E-state index in [0.717, 1.165) is 28.7 Å². The predicted molar refractivity (Wildman–Crippen MR) is 81.7 cm³/mol. The maximum Gasteiger partial charge on any atom is 0.241 e. The Bertz CT molecular complexity index is 654. The molecule has 0 aliphatic carbocycles. The highest BCUT2D eigenvalue weighted by atomic mass is 32.2. The molecule has 1 amide bonds. The van der Waals surface area contributed by atoms with Crippen LogP contribution in [0, 0.1) is 27.7 Å². The summed E-state index contributed by atoms with van der Waals surface area (Å²) in [6.45, 7) is 8.01. The maximum atomic E-state index is 12.7. The first-order chi connectivity index (χ1) is 9.74. The number of benzene rings is 1. The molecule has 6 heteroatoms. The fourth-order valence-electron chi connectivity index (χ4n) is 2.71. The fraction of sp³-hybridized carbons (Fsp3) is 0.533. The molecule has 0 radical (unpaired) electrons. The summed E-state index contributed by atoms with van der Waals surface area (Å²) in [5.41, 5.74) is 3.35. The Kier molecular flexibility index (Phi) is 4.39. The van der Waals surface area contributed by atoms with Crippen molar-refractivity contribution in [2.45, 2.75) is 51.5 Å². The van der Waals surface area contributed by atoms with Gasteiger partial charge in [0.25, 0.3) is 0 Å². The maximum absolute atomic E-state index is 12.7. The third kappa shape index (κ3) is 3.11. The molecule has 1 aliphatic heterocycles. The molecule has 2 rings (SSSR count). The summed E-state index contributed by atoms with van der Waals surface area (Å²) in [6, 6.07) is 1.31. The highest BCUT2D eigenvalue weighted by molar-refractivity contribution is 7.89. The van der Waals surface area contributed by atoms with E-state index in [9.17, 15) is 13.2 Å². The lowest BCUT2D eigenvalue weighted by molar-refractivity contribution is -0.124. The van der Waals surface area contributed by atoms with E-state index >= 15 is 0 Å². The standard InChI is InChI=1S/C15H22N2O3S/c1-9-8-10(2)12(4)14(11(9)3)21(19,20)17-13-6-5-7-16-15(13)18/h8,13,17H,5-7H2,1-4H3,(H,16,18)/t13-/m0/s1. The average Bonchev–Trinajstić information content (AvgIpc) is 2.39. The van der Waals surface area contributed by atoms with E-state index in [1.165, 1.54) is 0 Å². The summed E-state index contributed by atoms with van der Waals surface area (Å²) in [6.07, 6.45) is 1.32. The van der Waals surface area contributed by atoms with Gasteiger partial charge in [-0.05, 0) is 62.8 Å². The quantitative estimate of drug-likeness (QED) is 0.888. The number of hydrogen-bond acceptors (Lipinski definition) is 3. The second kappa shape index (κ2) is 5.77. The molecule has 0 bridgehead atoms. The molecule has 0 spiro atoms. The van der Waals surface area contributed by atoms with E-state index in [-0.39, 0.29) is 5.91 Å². The van der Waals surface area contributed by atoms with E-state index in [1.807, 2.05) is 19.9 Å². The molecule has 116 valence electrons. The number of aryl methyl sites for hydroxylation is 2. The lowest BCUT2D eigenvalue weighted by Crippen LogP contribution is -2.50. The molecule has 2 N–H and O–H groups in total. The van der Waals surface area contributed by atoms with Crippen LogP contribution < -0.4 is 10.0 Å². The second-order valence-electron chi connectivity index (χ2n) is 5.70. The predicted octanol–water partition coefficient (Wildman–Crippen LogP) is 1.48. The zero-order valence-corrected chi connectivity index (χ0v) is 13.7. The first kappa shape index (κ1) is 16.0. The van der Waals surface area contributed by atoms with Crippen LogP contribution in [0.2, 0.25) is 0 Å². The number of piperidine rings is 1. The molecular formula is C15H22N2O3S. The van der Waals surface area contributed by atoms with Gasteiger partial charge in [-0.2, -0.15) is 4.72 Å². The van der Waals surface area contributed by atoms with Crippen LogP contribution in [0.25, 0.3) is 0 Å². The highest BCUT2D eigenvalue weighted by Gasteiger charge is 2.30. The van der Waals surface area contributed by atoms with Gasteiger partial charge in [0, 0.05) is 6.54 Å². The van der Waals surface area contributed by atoms with Gasteiger partial charge in [-0.25, -0.2) is 8.42 Å². The van der Waals surface area contributed by atoms with Crippen molar-refractivity contribution >= 4 is 15.9 Å². The molecule has 1 fully saturated rings. The van der Waals surface area contributed by atoms with Crippen molar-refractivity contribution in [2.75, 3.05) is 6.54 Å². The molecule has 1 atom stereocenters. The van der Waals surface area contributed by atoms with Gasteiger partial charge < -0.3 is 5.32 Å². The molecule has 1 aliphatic rings. The minimum absolute atomic E-state index is 0.246. The van der Waals surface area contributed by atoms with Crippen molar-refractivity contribution in [3.63, 3.8) is 0 Å². The van der Waals surface area contributed by atoms with E-state index in [0.29, 0.717) is 17.9 Å². The normalized spacial score (nSPS) is 19.4. The lowest BCUT2D eigenvalue weighted by Gasteiger charge is -2.24. The van der Waals surface area contributed by atoms with Gasteiger partial charge in [0.15, 0.2) is 0 Å². The fourth-order valence-corrected chi connectivity index (χ4v) is 4.56. The van der Waals surface area contributed by atoms with Gasteiger partial charge in [-0.3, -0.25) is 4.79 Å². The average molecular weight is 310 g/mol. The largest absolute Gasteiger partial charge is 0.355 e. The molecule has 1 aromatic rings. The Morgan fingerprint density at radius 3 is 2.24 bits per heavy atom. The van der Waals surface area contributed by atoms with Gasteiger partial charge in [0.05, 0.1) is 4.90 Å². The molecule has 0 unspecified atom stereocenters. The molecule has 21 heavy (non-hydrogen) atoms. The molecule has 1 saturated heterocycles. The van der Waals surface area contributed by atoms with Crippen LogP contribution in [0.15, 0.2) is 11.0 Å². The van der Waals surface area contributed by atoms with Crippen LogP contribution in [0.1, 0.15) is 35.1 Å². The van der Waals surface area contributed by atoms with Crippen molar-refractivity contribution in [1.82, 2.24) is 10.0 Å². The molecule has 1 aromatic carbocycles. The third-order valence-corrected chi connectivity index (χ3v) is 5.89. The Labute approximate surface area is 126 Å². The SMILES string of the molecule is Cc1cc(C)c(C)c(S(=O)(=O)N[C@H]2CCCNC2=O)c1C. The zero-order valence-electron chi connectivity index (χ0n) is 12.9. The molecule has 0 aromatic heterocycles. The number of rotatable bonds is 3. The summed E-state index contributed by atoms with van der Waals surface area (Å²) in [7, 11) is -3.71. The highest BCUT2D eigenvalue weighted by Crippen LogP contribution is 2.26. The van der Waals surface area contributed by atoms with Crippen LogP contribution in [0.4, 0.5) is 0 Å². The summed E-state index contributed by atoms with van der Waals surface area (Å²) in [5, 5.41) is 2.69. The van der Waals surface area contributed by atoms with E-state index in [2.05, 4.69) is 10.0 Å². The van der Waals surface area contributed by atoms with E-state index in [1.54, 1.807) is 13.8 Å². The van der Waals surface area contributed by atoms with Crippen LogP contribution in [0.3, 0.4) is 0 Å². The number of carbonyl (C=O) groups is 1. The van der Waals surface area contributed by atoms with Gasteiger partial charge >= 0.3 is 0 Å². The van der Waals surface area contributed by atoms with Crippen molar-refractivity contribution in [3.05, 3.63) is 28.3 Å². The number of amides is 1. The molecular weight excluding hydrogens is 288 g/mol. The van der Waals surface area contributed by atoms with Crippen molar-refractivity contribution in [3.8, 4) is 0 Å². The third-order valence-electron chi connectivity index (χ3n) is 4.15. The molecule has 5 nitrogen and oxygen atoms in total. The van der Waals surface area contributed by atoms with Gasteiger partial charge in [0.2, 0.25) is 15.9 Å². The van der Waals surface area contributed by atoms with Crippen LogP contribution in [-0.2, 0) is 14.8 Å². The van der Waals surface area contributed by atoms with Gasteiger partial charge in [-0.1, -0.05) is 6.07 Å². The zero-order chi connectivity index (χ0) is 15.8. The van der Waals surface area contributed by atoms with E-state index in [4.69, 9.17) is 0 Å². The summed E-state index contributed by atoms with van der Waals surface area (Å²) >= 11 is 0. The first-order valence-electron chi connectivity index (χ1n) is 7.11. The Hall–Kier alpha value is -1.40. The van der Waals surface area contributed by atoms with Gasteiger partial charge in [-0.15, -0.1) is 0 Å². The number of carbonyl (C=O) groups excluding carboxylic acids is 1. The number of sulfonamides is 1. The molecule has 1 heterocycles. The van der Waals surface area contributed by atoms with Crippen molar-refractivity contribution in [2.24, 2.45) is 0 Å². The topological polar surface area (TPSA) is 75.3 Å². The minimum Gasteiger partial charge on any atom is -0.355 e. The van der Waals surface area contributed by atoms with Crippen LogP contribution in [-0.4, -0.2) is 26.9 Å². The minimum atomic E-state index is -3.71. The lowest BCUT2D eigenvalue weighted by atomic mass is 10.0. The van der Waals surface area contributed by atoms with Crippen LogP contribution in [0.5, 0.6) is 0 Å². The van der Waals surface area contributed by atoms with Gasteiger partial charge in [0.1, 0.15) is 6.04 Å². The molecule has 0 saturated carbocycles. The summed E-state index contributed by atoms with van der Waals surface area (Å²) < 4.78 is 28.0. The van der Waals surface area contributed by atoms with E-state index < -0.39 is 16.1 Å². The number of nitrogens with one attached hydrogen (secondary N) is 2. The van der Waals surface area contributed by atoms with Crippen LogP contribution >= 0.6 is 0 Å². The second-order valence-corrected chi connectivity index (χ2v) is 7.35. The van der Waals surface area contributed by atoms with Crippen molar-refractivity contribution in [1.29, 1.82) is 0 Å². The Balaban J connectivity index is 2.43. The summed E-state index contributed by atoms with van der Waals surface area (Å²) in [4.78, 5) is 12.1. The monoisotopic (exact) mass is 310 g/mol. The van der Waals surface area contributed by atoms with Crippen molar-refractivity contribution < 1.29 is 13.2 Å². The Morgan fingerprint density at radius 2 is 1.71 bits per heavy atom.